The van der Waals surface area contributed by atoms with Crippen LogP contribution >= 0.6 is 0 Å². The summed E-state index contributed by atoms with van der Waals surface area (Å²) in [4.78, 5) is 0. The first-order chi connectivity index (χ1) is 12.4. The van der Waals surface area contributed by atoms with E-state index in [9.17, 15) is 5.26 Å². The Kier molecular flexibility index (Phi) is 6.58. The Morgan fingerprint density at radius 2 is 1.78 bits per heavy atom. The lowest BCUT2D eigenvalue weighted by molar-refractivity contribution is -0.153. The van der Waals surface area contributed by atoms with E-state index in [1.165, 1.54) is 0 Å². The van der Waals surface area contributed by atoms with E-state index in [0.717, 1.165) is 5.56 Å². The minimum absolute atomic E-state index is 0.0331. The van der Waals surface area contributed by atoms with E-state index in [4.69, 9.17) is 13.9 Å². The van der Waals surface area contributed by atoms with Crippen molar-refractivity contribution in [3.05, 3.63) is 35.9 Å². The van der Waals surface area contributed by atoms with Crippen molar-refractivity contribution in [3.63, 3.8) is 0 Å². The second-order valence-electron chi connectivity index (χ2n) is 9.57. The van der Waals surface area contributed by atoms with Gasteiger partial charge < -0.3 is 13.9 Å². The van der Waals surface area contributed by atoms with Gasteiger partial charge in [0.05, 0.1) is 24.7 Å². The zero-order valence-corrected chi connectivity index (χ0v) is 19.1. The maximum absolute atomic E-state index is 9.43. The molecule has 150 valence electrons. The van der Waals surface area contributed by atoms with Crippen molar-refractivity contribution < 1.29 is 13.9 Å². The van der Waals surface area contributed by atoms with E-state index in [1.54, 1.807) is 0 Å². The molecule has 2 rings (SSSR count). The third-order valence-corrected chi connectivity index (χ3v) is 10.4. The summed E-state index contributed by atoms with van der Waals surface area (Å²) in [7, 11) is -2.00. The van der Waals surface area contributed by atoms with Gasteiger partial charge in [0, 0.05) is 5.92 Å². The van der Waals surface area contributed by atoms with Crippen LogP contribution in [0.15, 0.2) is 30.3 Å². The molecule has 4 nitrogen and oxygen atoms in total. The molecule has 0 radical (unpaired) electrons. The lowest BCUT2D eigenvalue weighted by atomic mass is 9.90. The van der Waals surface area contributed by atoms with Crippen molar-refractivity contribution in [3.8, 4) is 6.07 Å². The highest BCUT2D eigenvalue weighted by Crippen LogP contribution is 2.44. The molecule has 5 heteroatoms. The molecule has 1 aliphatic heterocycles. The average Bonchev–Trinajstić information content (AvgIpc) is 2.89. The van der Waals surface area contributed by atoms with E-state index in [-0.39, 0.29) is 29.3 Å². The molecule has 1 aromatic carbocycles. The lowest BCUT2D eigenvalue weighted by Gasteiger charge is -2.41. The number of nitrogens with zero attached hydrogens (tertiary/aromatic N) is 1. The maximum atomic E-state index is 9.43. The van der Waals surface area contributed by atoms with Gasteiger partial charge in [0.25, 0.3) is 0 Å². The molecule has 0 spiro atoms. The predicted octanol–water partition coefficient (Wildman–Crippen LogP) is 5.82. The second-order valence-corrected chi connectivity index (χ2v) is 14.3. The summed E-state index contributed by atoms with van der Waals surface area (Å²) < 4.78 is 19.2. The highest BCUT2D eigenvalue weighted by molar-refractivity contribution is 6.74. The maximum Gasteiger partial charge on any atom is 0.192 e. The van der Waals surface area contributed by atoms with Gasteiger partial charge in [0.2, 0.25) is 0 Å². The second kappa shape index (κ2) is 8.04. The van der Waals surface area contributed by atoms with Crippen LogP contribution in [0.2, 0.25) is 18.1 Å². The third kappa shape index (κ3) is 5.20. The molecule has 0 bridgehead atoms. The molecule has 0 unspecified atom stereocenters. The first kappa shape index (κ1) is 22.1. The quantitative estimate of drug-likeness (QED) is 0.575. The van der Waals surface area contributed by atoms with Crippen LogP contribution in [0.3, 0.4) is 0 Å². The van der Waals surface area contributed by atoms with Crippen molar-refractivity contribution in [2.45, 2.75) is 90.2 Å². The van der Waals surface area contributed by atoms with Crippen LogP contribution in [0.25, 0.3) is 0 Å². The van der Waals surface area contributed by atoms with Gasteiger partial charge in [0.1, 0.15) is 6.10 Å². The van der Waals surface area contributed by atoms with Crippen LogP contribution in [0, 0.1) is 17.2 Å². The van der Waals surface area contributed by atoms with E-state index >= 15 is 0 Å². The van der Waals surface area contributed by atoms with Crippen molar-refractivity contribution >= 4 is 8.32 Å². The summed E-state index contributed by atoms with van der Waals surface area (Å²) in [6.45, 7) is 17.1. The summed E-state index contributed by atoms with van der Waals surface area (Å²) in [6, 6.07) is 12.5. The van der Waals surface area contributed by atoms with Crippen LogP contribution in [-0.2, 0) is 13.9 Å². The Balaban J connectivity index is 2.29. The molecule has 0 N–H and O–H groups in total. The minimum Gasteiger partial charge on any atom is -0.413 e. The van der Waals surface area contributed by atoms with E-state index in [2.05, 4.69) is 59.0 Å². The molecule has 27 heavy (non-hydrogen) atoms. The van der Waals surface area contributed by atoms with Gasteiger partial charge in [-0.1, -0.05) is 58.0 Å². The zero-order chi connectivity index (χ0) is 20.5. The minimum atomic E-state index is -2.00. The van der Waals surface area contributed by atoms with Crippen LogP contribution in [0.4, 0.5) is 0 Å². The molecule has 1 saturated heterocycles. The van der Waals surface area contributed by atoms with Gasteiger partial charge in [-0.2, -0.15) is 5.26 Å². The van der Waals surface area contributed by atoms with Crippen molar-refractivity contribution in [2.75, 3.05) is 0 Å². The van der Waals surface area contributed by atoms with Gasteiger partial charge in [-0.3, -0.25) is 0 Å². The summed E-state index contributed by atoms with van der Waals surface area (Å²) in [5, 5.41) is 9.52. The number of benzene rings is 1. The Labute approximate surface area is 166 Å². The fourth-order valence-corrected chi connectivity index (χ4v) is 4.67. The first-order valence-electron chi connectivity index (χ1n) is 9.83. The molecule has 1 fully saturated rings. The predicted molar refractivity (Wildman–Crippen MR) is 111 cm³/mol. The SMILES string of the molecule is C[C@@H]([C@H]1OC(C)(C)O[C@@H]1c1ccccc1)[C@H](CC#N)O[Si](C)(C)C(C)(C)C. The molecule has 0 amide bonds. The normalized spacial score (nSPS) is 25.0. The van der Waals surface area contributed by atoms with Crippen LogP contribution < -0.4 is 0 Å². The largest absolute Gasteiger partial charge is 0.413 e. The fraction of sp³-hybridized carbons (Fsp3) is 0.682. The van der Waals surface area contributed by atoms with Gasteiger partial charge >= 0.3 is 0 Å². The topological polar surface area (TPSA) is 51.5 Å². The molecule has 1 heterocycles. The highest BCUT2D eigenvalue weighted by Gasteiger charge is 2.48. The lowest BCUT2D eigenvalue weighted by Crippen LogP contribution is -2.47. The number of nitriles is 1. The average molecular weight is 390 g/mol. The molecule has 1 aromatic rings. The Morgan fingerprint density at radius 1 is 1.19 bits per heavy atom. The summed E-state index contributed by atoms with van der Waals surface area (Å²) in [5.41, 5.74) is 1.10. The number of hydrogen-bond acceptors (Lipinski definition) is 4. The third-order valence-electron chi connectivity index (χ3n) is 5.91. The standard InChI is InChI=1S/C22H35NO3Si/c1-16(18(14-15-23)26-27(7,8)21(2,3)4)19-20(25-22(5,6)24-19)17-12-10-9-11-13-17/h9-13,16,18-20H,14H2,1-8H3/t16-,18+,19-,20-/m1/s1. The monoisotopic (exact) mass is 389 g/mol. The van der Waals surface area contributed by atoms with Crippen LogP contribution in [0.1, 0.15) is 59.6 Å². The first-order valence-corrected chi connectivity index (χ1v) is 12.7. The van der Waals surface area contributed by atoms with Gasteiger partial charge in [0.15, 0.2) is 14.1 Å². The van der Waals surface area contributed by atoms with E-state index < -0.39 is 14.1 Å². The molecule has 0 aromatic heterocycles. The highest BCUT2D eigenvalue weighted by atomic mass is 28.4. The summed E-state index contributed by atoms with van der Waals surface area (Å²) >= 11 is 0. The van der Waals surface area contributed by atoms with Crippen molar-refractivity contribution in [1.29, 1.82) is 5.26 Å². The van der Waals surface area contributed by atoms with Gasteiger partial charge in [-0.05, 0) is 37.5 Å². The zero-order valence-electron chi connectivity index (χ0n) is 18.1. The molecule has 1 aliphatic rings. The molecule has 0 saturated carbocycles. The Hall–Kier alpha value is -1.19. The van der Waals surface area contributed by atoms with Crippen molar-refractivity contribution in [1.82, 2.24) is 0 Å². The van der Waals surface area contributed by atoms with Crippen LogP contribution in [0.5, 0.6) is 0 Å². The summed E-state index contributed by atoms with van der Waals surface area (Å²) in [6.07, 6.45) is -0.148. The van der Waals surface area contributed by atoms with Gasteiger partial charge in [-0.25, -0.2) is 0 Å². The Morgan fingerprint density at radius 3 is 2.30 bits per heavy atom. The fourth-order valence-electron chi connectivity index (χ4n) is 3.27. The van der Waals surface area contributed by atoms with E-state index in [0.29, 0.717) is 6.42 Å². The smallest absolute Gasteiger partial charge is 0.192 e. The van der Waals surface area contributed by atoms with E-state index in [1.807, 2.05) is 32.0 Å². The van der Waals surface area contributed by atoms with Crippen molar-refractivity contribution in [2.24, 2.45) is 5.92 Å². The number of hydrogen-bond donors (Lipinski definition) is 0. The van der Waals surface area contributed by atoms with Gasteiger partial charge in [-0.15, -0.1) is 0 Å². The number of rotatable bonds is 6. The molecular weight excluding hydrogens is 354 g/mol. The number of ether oxygens (including phenoxy) is 2. The summed E-state index contributed by atoms with van der Waals surface area (Å²) in [5.74, 6) is -0.626. The van der Waals surface area contributed by atoms with Crippen LogP contribution in [-0.4, -0.2) is 26.3 Å². The molecule has 0 aliphatic carbocycles. The molecular formula is C22H35NO3Si. The Bertz CT molecular complexity index is 660. The molecule has 4 atom stereocenters.